The maximum atomic E-state index is 11.5. The van der Waals surface area contributed by atoms with Gasteiger partial charge in [-0.15, -0.1) is 0 Å². The molecule has 1 N–H and O–H groups in total. The predicted octanol–water partition coefficient (Wildman–Crippen LogP) is 2.46. The van der Waals surface area contributed by atoms with Crippen LogP contribution in [0.25, 0.3) is 10.9 Å². The van der Waals surface area contributed by atoms with Gasteiger partial charge < -0.3 is 14.5 Å². The van der Waals surface area contributed by atoms with Crippen molar-refractivity contribution >= 4 is 16.9 Å². The largest absolute Gasteiger partial charge is 0.464 e. The topological polar surface area (TPSA) is 54.6 Å². The summed E-state index contributed by atoms with van der Waals surface area (Å²) in [6.07, 6.45) is 0.312. The lowest BCUT2D eigenvalue weighted by atomic mass is 9.95. The number of benzene rings is 1. The molecule has 18 heavy (non-hydrogen) atoms. The molecule has 1 fully saturated rings. The van der Waals surface area contributed by atoms with Gasteiger partial charge in [-0.05, 0) is 17.7 Å². The second-order valence-electron chi connectivity index (χ2n) is 4.64. The van der Waals surface area contributed by atoms with Crippen molar-refractivity contribution in [2.75, 3.05) is 13.7 Å². The first kappa shape index (κ1) is 11.3. The lowest BCUT2D eigenvalue weighted by Crippen LogP contribution is -2.01. The number of nitrogens with one attached hydrogen (secondary N) is 1. The Labute approximate surface area is 105 Å². The Morgan fingerprint density at radius 2 is 2.33 bits per heavy atom. The number of hydrogen-bond donors (Lipinski definition) is 1. The lowest BCUT2D eigenvalue weighted by Gasteiger charge is -2.09. The van der Waals surface area contributed by atoms with E-state index in [-0.39, 0.29) is 5.97 Å². The van der Waals surface area contributed by atoms with Gasteiger partial charge in [0.1, 0.15) is 5.69 Å². The summed E-state index contributed by atoms with van der Waals surface area (Å²) in [5.41, 5.74) is 2.66. The minimum Gasteiger partial charge on any atom is -0.464 e. The molecule has 2 unspecified atom stereocenters. The monoisotopic (exact) mass is 245 g/mol. The number of ether oxygens (including phenoxy) is 2. The van der Waals surface area contributed by atoms with Gasteiger partial charge in [-0.3, -0.25) is 0 Å². The van der Waals surface area contributed by atoms with Crippen LogP contribution in [0, 0.1) is 0 Å². The molecule has 3 rings (SSSR count). The number of hydrogen-bond acceptors (Lipinski definition) is 3. The third-order valence-corrected chi connectivity index (χ3v) is 3.51. The van der Waals surface area contributed by atoms with E-state index in [4.69, 9.17) is 9.47 Å². The van der Waals surface area contributed by atoms with Gasteiger partial charge in [0.25, 0.3) is 0 Å². The second kappa shape index (κ2) is 4.14. The van der Waals surface area contributed by atoms with Crippen molar-refractivity contribution in [3.63, 3.8) is 0 Å². The van der Waals surface area contributed by atoms with E-state index in [0.29, 0.717) is 17.7 Å². The Kier molecular flexibility index (Phi) is 2.59. The Morgan fingerprint density at radius 1 is 1.56 bits per heavy atom. The number of aromatic nitrogens is 1. The van der Waals surface area contributed by atoms with Gasteiger partial charge in [-0.2, -0.15) is 0 Å². The number of esters is 1. The molecule has 0 saturated carbocycles. The van der Waals surface area contributed by atoms with Gasteiger partial charge in [-0.1, -0.05) is 19.1 Å². The number of methoxy groups -OCH3 is 1. The number of fused-ring (bicyclic) bond motifs is 1. The molecule has 4 heteroatoms. The molecule has 1 aromatic heterocycles. The van der Waals surface area contributed by atoms with Crippen LogP contribution in [0.4, 0.5) is 0 Å². The van der Waals surface area contributed by atoms with Crippen LogP contribution in [0.15, 0.2) is 24.3 Å². The van der Waals surface area contributed by atoms with Gasteiger partial charge in [0.05, 0.1) is 19.8 Å². The van der Waals surface area contributed by atoms with Gasteiger partial charge in [-0.25, -0.2) is 4.79 Å². The number of carbonyl (C=O) groups is 1. The molecule has 0 spiro atoms. The molecule has 2 atom stereocenters. The highest BCUT2D eigenvalue weighted by atomic mass is 16.6. The van der Waals surface area contributed by atoms with E-state index < -0.39 is 0 Å². The first-order valence-corrected chi connectivity index (χ1v) is 6.02. The molecule has 94 valence electrons. The number of rotatable bonds is 3. The molecule has 1 saturated heterocycles. The zero-order valence-electron chi connectivity index (χ0n) is 10.4. The number of epoxide rings is 1. The lowest BCUT2D eigenvalue weighted by molar-refractivity contribution is 0.0595. The molecule has 0 aliphatic carbocycles. The van der Waals surface area contributed by atoms with E-state index in [1.54, 1.807) is 0 Å². The van der Waals surface area contributed by atoms with Crippen LogP contribution in [0.3, 0.4) is 0 Å². The van der Waals surface area contributed by atoms with E-state index in [1.165, 1.54) is 12.7 Å². The summed E-state index contributed by atoms with van der Waals surface area (Å²) in [6.45, 7) is 2.98. The van der Waals surface area contributed by atoms with Gasteiger partial charge in [0.2, 0.25) is 0 Å². The van der Waals surface area contributed by atoms with E-state index >= 15 is 0 Å². The molecular weight excluding hydrogens is 230 g/mol. The summed E-state index contributed by atoms with van der Waals surface area (Å²) in [7, 11) is 1.38. The quantitative estimate of drug-likeness (QED) is 0.667. The van der Waals surface area contributed by atoms with Crippen LogP contribution in [0.2, 0.25) is 0 Å². The highest BCUT2D eigenvalue weighted by molar-refractivity contribution is 5.96. The molecule has 1 aromatic carbocycles. The van der Waals surface area contributed by atoms with Crippen molar-refractivity contribution in [1.29, 1.82) is 0 Å². The summed E-state index contributed by atoms with van der Waals surface area (Å²) in [5.74, 6) is 0.00229. The highest BCUT2D eigenvalue weighted by Gasteiger charge is 2.31. The number of carbonyl (C=O) groups excluding carboxylic acids is 1. The zero-order valence-corrected chi connectivity index (χ0v) is 10.4. The number of H-pyrrole nitrogens is 1. The number of aromatic amines is 1. The Balaban J connectivity index is 2.09. The van der Waals surface area contributed by atoms with Crippen molar-refractivity contribution < 1.29 is 14.3 Å². The average Bonchev–Trinajstić information content (AvgIpc) is 3.15. The van der Waals surface area contributed by atoms with Gasteiger partial charge in [0, 0.05) is 16.8 Å². The minimum absolute atomic E-state index is 0.312. The van der Waals surface area contributed by atoms with E-state index in [0.717, 1.165) is 17.5 Å². The van der Waals surface area contributed by atoms with Gasteiger partial charge in [0.15, 0.2) is 0 Å². The Hall–Kier alpha value is -1.81. The molecule has 2 heterocycles. The fraction of sp³-hybridized carbons (Fsp3) is 0.357. The molecule has 0 amide bonds. The Morgan fingerprint density at radius 3 is 3.00 bits per heavy atom. The summed E-state index contributed by atoms with van der Waals surface area (Å²) >= 11 is 0. The first-order valence-electron chi connectivity index (χ1n) is 6.02. The van der Waals surface area contributed by atoms with Crippen LogP contribution in [-0.2, 0) is 9.47 Å². The van der Waals surface area contributed by atoms with E-state index in [9.17, 15) is 4.79 Å². The normalized spacial score (nSPS) is 19.8. The molecule has 2 aromatic rings. The zero-order chi connectivity index (χ0) is 12.7. The summed E-state index contributed by atoms with van der Waals surface area (Å²) in [5, 5.41) is 1.07. The van der Waals surface area contributed by atoms with Crippen LogP contribution in [0.1, 0.15) is 28.9 Å². The van der Waals surface area contributed by atoms with Crippen molar-refractivity contribution in [3.05, 3.63) is 35.5 Å². The fourth-order valence-electron chi connectivity index (χ4n) is 2.34. The molecule has 0 radical (unpaired) electrons. The van der Waals surface area contributed by atoms with Gasteiger partial charge >= 0.3 is 5.97 Å². The van der Waals surface area contributed by atoms with Crippen LogP contribution in [0.5, 0.6) is 0 Å². The first-order chi connectivity index (χ1) is 8.70. The van der Waals surface area contributed by atoms with E-state index in [2.05, 4.69) is 18.0 Å². The maximum Gasteiger partial charge on any atom is 0.354 e. The van der Waals surface area contributed by atoms with Crippen molar-refractivity contribution in [3.8, 4) is 0 Å². The van der Waals surface area contributed by atoms with Crippen LogP contribution < -0.4 is 0 Å². The van der Waals surface area contributed by atoms with Crippen LogP contribution >= 0.6 is 0 Å². The van der Waals surface area contributed by atoms with Crippen molar-refractivity contribution in [1.82, 2.24) is 4.98 Å². The fourth-order valence-corrected chi connectivity index (χ4v) is 2.34. The molecule has 1 aliphatic rings. The standard InChI is InChI=1S/C14H15NO3/c1-8(13-7-18-13)9-4-3-5-11-10(9)6-12(15-11)14(16)17-2/h3-6,8,13,15H,7H2,1-2H3. The molecule has 0 bridgehead atoms. The highest BCUT2D eigenvalue weighted by Crippen LogP contribution is 2.34. The van der Waals surface area contributed by atoms with E-state index in [1.807, 2.05) is 18.2 Å². The molecule has 4 nitrogen and oxygen atoms in total. The van der Waals surface area contributed by atoms with Crippen LogP contribution in [-0.4, -0.2) is 30.8 Å². The van der Waals surface area contributed by atoms with Crippen molar-refractivity contribution in [2.24, 2.45) is 0 Å². The second-order valence-corrected chi connectivity index (χ2v) is 4.64. The smallest absolute Gasteiger partial charge is 0.354 e. The predicted molar refractivity (Wildman–Crippen MR) is 67.8 cm³/mol. The summed E-state index contributed by atoms with van der Waals surface area (Å²) < 4.78 is 10.1. The third-order valence-electron chi connectivity index (χ3n) is 3.51. The molecular formula is C14H15NO3. The summed E-state index contributed by atoms with van der Waals surface area (Å²) in [6, 6.07) is 7.90. The Bertz CT molecular complexity index is 598. The summed E-state index contributed by atoms with van der Waals surface area (Å²) in [4.78, 5) is 14.6. The molecule has 1 aliphatic heterocycles. The third kappa shape index (κ3) is 1.78. The maximum absolute atomic E-state index is 11.5. The average molecular weight is 245 g/mol. The SMILES string of the molecule is COC(=O)c1cc2c(C(C)C3CO3)cccc2[nH]1. The van der Waals surface area contributed by atoms with Crippen molar-refractivity contribution in [2.45, 2.75) is 18.9 Å². The minimum atomic E-state index is -0.340.